The van der Waals surface area contributed by atoms with Crippen molar-refractivity contribution in [2.75, 3.05) is 6.61 Å². The Morgan fingerprint density at radius 3 is 2.41 bits per heavy atom. The van der Waals surface area contributed by atoms with Crippen molar-refractivity contribution < 1.29 is 14.3 Å². The summed E-state index contributed by atoms with van der Waals surface area (Å²) in [6, 6.07) is 11.0. The van der Waals surface area contributed by atoms with E-state index in [1.54, 1.807) is 18.2 Å². The molecule has 0 bridgehead atoms. The van der Waals surface area contributed by atoms with Crippen molar-refractivity contribution in [2.24, 2.45) is 0 Å². The summed E-state index contributed by atoms with van der Waals surface area (Å²) in [7, 11) is 0. The average Bonchev–Trinajstić information content (AvgIpc) is 2.49. The predicted octanol–water partition coefficient (Wildman–Crippen LogP) is 5.07. The molecule has 0 spiro atoms. The minimum Gasteiger partial charge on any atom is -0.492 e. The zero-order valence-electron chi connectivity index (χ0n) is 13.0. The Labute approximate surface area is 139 Å². The highest BCUT2D eigenvalue weighted by molar-refractivity contribution is 9.10. The third-order valence-electron chi connectivity index (χ3n) is 3.23. The molecule has 0 fully saturated rings. The minimum absolute atomic E-state index is 0.375. The van der Waals surface area contributed by atoms with Crippen LogP contribution in [0.15, 0.2) is 40.9 Å². The first kappa shape index (κ1) is 16.6. The van der Waals surface area contributed by atoms with Gasteiger partial charge < -0.3 is 9.47 Å². The Hall–Kier alpha value is -1.81. The Morgan fingerprint density at radius 2 is 1.82 bits per heavy atom. The predicted molar refractivity (Wildman–Crippen MR) is 90.8 cm³/mol. The third kappa shape index (κ3) is 3.89. The van der Waals surface area contributed by atoms with Crippen LogP contribution in [0.5, 0.6) is 11.5 Å². The summed E-state index contributed by atoms with van der Waals surface area (Å²) < 4.78 is 11.9. The van der Waals surface area contributed by atoms with Crippen LogP contribution < -0.4 is 9.47 Å². The molecule has 3 nitrogen and oxygen atoms in total. The Bertz CT molecular complexity index is 660. The lowest BCUT2D eigenvalue weighted by Crippen LogP contribution is -2.10. The first-order valence-corrected chi connectivity index (χ1v) is 8.03. The molecule has 116 valence electrons. The van der Waals surface area contributed by atoms with E-state index in [1.165, 1.54) is 0 Å². The smallest absolute Gasteiger partial charge is 0.343 e. The molecule has 0 unspecified atom stereocenters. The van der Waals surface area contributed by atoms with Gasteiger partial charge >= 0.3 is 5.97 Å². The van der Waals surface area contributed by atoms with E-state index in [2.05, 4.69) is 15.9 Å². The second-order valence-corrected chi connectivity index (χ2v) is 5.96. The van der Waals surface area contributed by atoms with E-state index >= 15 is 0 Å². The van der Waals surface area contributed by atoms with Crippen molar-refractivity contribution in [1.29, 1.82) is 0 Å². The van der Waals surface area contributed by atoms with Crippen molar-refractivity contribution in [3.63, 3.8) is 0 Å². The number of hydrogen-bond donors (Lipinski definition) is 0. The van der Waals surface area contributed by atoms with E-state index in [9.17, 15) is 4.79 Å². The number of halogens is 1. The number of rotatable bonds is 5. The fraction of sp³-hybridized carbons (Fsp3) is 0.278. The molecular weight excluding hydrogens is 344 g/mol. The monoisotopic (exact) mass is 362 g/mol. The lowest BCUT2D eigenvalue weighted by Gasteiger charge is -2.11. The topological polar surface area (TPSA) is 35.5 Å². The van der Waals surface area contributed by atoms with Crippen molar-refractivity contribution >= 4 is 21.9 Å². The molecule has 22 heavy (non-hydrogen) atoms. The number of hydrogen-bond acceptors (Lipinski definition) is 3. The number of carbonyl (C=O) groups is 1. The SMILES string of the molecule is CCCOc1ccc(C(=O)Oc2c(C)cccc2C)cc1Br. The molecule has 0 saturated heterocycles. The van der Waals surface area contributed by atoms with Gasteiger partial charge in [0.2, 0.25) is 0 Å². The molecule has 0 saturated carbocycles. The molecular formula is C18H19BrO3. The molecule has 0 atom stereocenters. The minimum atomic E-state index is -0.375. The van der Waals surface area contributed by atoms with Gasteiger partial charge in [0.15, 0.2) is 0 Å². The van der Waals surface area contributed by atoms with Crippen LogP contribution in [-0.2, 0) is 0 Å². The molecule has 4 heteroatoms. The summed E-state index contributed by atoms with van der Waals surface area (Å²) in [6.45, 7) is 6.54. The quantitative estimate of drug-likeness (QED) is 0.549. The summed E-state index contributed by atoms with van der Waals surface area (Å²) in [6.07, 6.45) is 0.933. The van der Waals surface area contributed by atoms with Gasteiger partial charge in [0.05, 0.1) is 16.6 Å². The maximum atomic E-state index is 12.3. The van der Waals surface area contributed by atoms with E-state index in [-0.39, 0.29) is 5.97 Å². The highest BCUT2D eigenvalue weighted by Crippen LogP contribution is 2.28. The van der Waals surface area contributed by atoms with Crippen LogP contribution in [0.2, 0.25) is 0 Å². The van der Waals surface area contributed by atoms with E-state index < -0.39 is 0 Å². The fourth-order valence-electron chi connectivity index (χ4n) is 2.07. The van der Waals surface area contributed by atoms with Gasteiger partial charge in [-0.25, -0.2) is 4.79 Å². The molecule has 0 aromatic heterocycles. The van der Waals surface area contributed by atoms with Crippen LogP contribution in [0.4, 0.5) is 0 Å². The molecule has 0 heterocycles. The maximum Gasteiger partial charge on any atom is 0.343 e. The molecule has 2 rings (SSSR count). The van der Waals surface area contributed by atoms with Gasteiger partial charge in [0.1, 0.15) is 11.5 Å². The number of aryl methyl sites for hydroxylation is 2. The average molecular weight is 363 g/mol. The van der Waals surface area contributed by atoms with Crippen LogP contribution in [-0.4, -0.2) is 12.6 Å². The van der Waals surface area contributed by atoms with Gasteiger partial charge in [0, 0.05) is 0 Å². The first-order valence-electron chi connectivity index (χ1n) is 7.23. The lowest BCUT2D eigenvalue weighted by molar-refractivity contribution is 0.0732. The maximum absolute atomic E-state index is 12.3. The van der Waals surface area contributed by atoms with Gasteiger partial charge in [-0.1, -0.05) is 25.1 Å². The summed E-state index contributed by atoms with van der Waals surface area (Å²) in [4.78, 5) is 12.3. The second kappa shape index (κ2) is 7.45. The van der Waals surface area contributed by atoms with Crippen LogP contribution in [0.25, 0.3) is 0 Å². The number of carbonyl (C=O) groups excluding carboxylic acids is 1. The second-order valence-electron chi connectivity index (χ2n) is 5.10. The summed E-state index contributed by atoms with van der Waals surface area (Å²) in [5, 5.41) is 0. The van der Waals surface area contributed by atoms with E-state index in [1.807, 2.05) is 39.0 Å². The summed E-state index contributed by atoms with van der Waals surface area (Å²) in [5.74, 6) is 0.973. The van der Waals surface area contributed by atoms with Gasteiger partial charge in [-0.15, -0.1) is 0 Å². The van der Waals surface area contributed by atoms with Gasteiger partial charge in [-0.2, -0.15) is 0 Å². The van der Waals surface area contributed by atoms with Crippen LogP contribution in [0, 0.1) is 13.8 Å². The summed E-state index contributed by atoms with van der Waals surface area (Å²) in [5.41, 5.74) is 2.36. The standard InChI is InChI=1S/C18H19BrO3/c1-4-10-21-16-9-8-14(11-15(16)19)18(20)22-17-12(2)6-5-7-13(17)3/h5-9,11H,4,10H2,1-3H3. The van der Waals surface area contributed by atoms with Crippen molar-refractivity contribution in [1.82, 2.24) is 0 Å². The van der Waals surface area contributed by atoms with Crippen molar-refractivity contribution in [2.45, 2.75) is 27.2 Å². The third-order valence-corrected chi connectivity index (χ3v) is 3.85. The number of para-hydroxylation sites is 1. The highest BCUT2D eigenvalue weighted by Gasteiger charge is 2.14. The number of benzene rings is 2. The fourth-order valence-corrected chi connectivity index (χ4v) is 2.56. The van der Waals surface area contributed by atoms with Crippen LogP contribution >= 0.6 is 15.9 Å². The molecule has 0 aliphatic rings. The van der Waals surface area contributed by atoms with Gasteiger partial charge in [-0.05, 0) is 65.5 Å². The lowest BCUT2D eigenvalue weighted by atomic mass is 10.1. The number of ether oxygens (including phenoxy) is 2. The molecule has 0 radical (unpaired) electrons. The molecule has 0 amide bonds. The van der Waals surface area contributed by atoms with E-state index in [4.69, 9.17) is 9.47 Å². The van der Waals surface area contributed by atoms with Crippen LogP contribution in [0.1, 0.15) is 34.8 Å². The normalized spacial score (nSPS) is 10.4. The zero-order valence-corrected chi connectivity index (χ0v) is 14.6. The zero-order chi connectivity index (χ0) is 16.1. The van der Waals surface area contributed by atoms with E-state index in [0.29, 0.717) is 17.9 Å². The van der Waals surface area contributed by atoms with Gasteiger partial charge in [0.25, 0.3) is 0 Å². The molecule has 0 aliphatic heterocycles. The van der Waals surface area contributed by atoms with Crippen molar-refractivity contribution in [3.05, 3.63) is 57.6 Å². The van der Waals surface area contributed by atoms with Gasteiger partial charge in [-0.3, -0.25) is 0 Å². The van der Waals surface area contributed by atoms with Crippen LogP contribution in [0.3, 0.4) is 0 Å². The van der Waals surface area contributed by atoms with E-state index in [0.717, 1.165) is 27.8 Å². The molecule has 2 aromatic carbocycles. The Morgan fingerprint density at radius 1 is 1.14 bits per heavy atom. The Balaban J connectivity index is 2.18. The number of esters is 1. The largest absolute Gasteiger partial charge is 0.492 e. The Kier molecular flexibility index (Phi) is 5.61. The first-order chi connectivity index (χ1) is 10.5. The highest BCUT2D eigenvalue weighted by atomic mass is 79.9. The molecule has 0 aliphatic carbocycles. The van der Waals surface area contributed by atoms with Crippen molar-refractivity contribution in [3.8, 4) is 11.5 Å². The summed E-state index contributed by atoms with van der Waals surface area (Å²) >= 11 is 3.43. The molecule has 0 N–H and O–H groups in total. The molecule has 2 aromatic rings.